The highest BCUT2D eigenvalue weighted by Gasteiger charge is 2.47. The number of imide groups is 4. The third-order valence-corrected chi connectivity index (χ3v) is 25.6. The van der Waals surface area contributed by atoms with Crippen LogP contribution in [0.3, 0.4) is 0 Å². The molecule has 18 rings (SSSR count). The molecule has 43 heteroatoms. The lowest BCUT2D eigenvalue weighted by molar-refractivity contribution is -0.139. The number of amides is 9. The van der Waals surface area contributed by atoms with E-state index in [4.69, 9.17) is 72.6 Å². The molecule has 2 unspecified atom stereocenters. The summed E-state index contributed by atoms with van der Waals surface area (Å²) in [6, 6.07) is 41.5. The molecule has 0 aliphatic carbocycles. The van der Waals surface area contributed by atoms with Crippen LogP contribution in [0.1, 0.15) is 129 Å². The molecule has 8 aliphatic rings. The van der Waals surface area contributed by atoms with Crippen molar-refractivity contribution < 1.29 is 109 Å². The van der Waals surface area contributed by atoms with Gasteiger partial charge >= 0.3 is 5.97 Å². The summed E-state index contributed by atoms with van der Waals surface area (Å²) in [5.41, 5.74) is 8.81. The zero-order valence-corrected chi connectivity index (χ0v) is 80.6. The third kappa shape index (κ3) is 27.6. The van der Waals surface area contributed by atoms with Gasteiger partial charge in [0.15, 0.2) is 11.3 Å². The number of carbonyl (C=O) groups excluding carboxylic acids is 9. The van der Waals surface area contributed by atoms with Gasteiger partial charge in [0.2, 0.25) is 29.5 Å². The van der Waals surface area contributed by atoms with E-state index in [1.807, 2.05) is 86.9 Å². The number of fused-ring (bicyclic) bond motifs is 4. The molecule has 0 bridgehead atoms. The number of hydrogen-bond acceptors (Lipinski definition) is 33. The first kappa shape index (κ1) is 104. The van der Waals surface area contributed by atoms with Gasteiger partial charge in [0.05, 0.1) is 203 Å². The van der Waals surface area contributed by atoms with Crippen LogP contribution in [0.25, 0.3) is 34.1 Å². The van der Waals surface area contributed by atoms with Gasteiger partial charge in [-0.05, 0) is 159 Å². The van der Waals surface area contributed by atoms with Gasteiger partial charge < -0.3 is 92.9 Å². The molecule has 10 aromatic rings. The number of pyridine rings is 2. The number of hydrogen-bond donors (Lipinski definition) is 6. The summed E-state index contributed by atoms with van der Waals surface area (Å²) in [4.78, 5) is 154. The van der Waals surface area contributed by atoms with Crippen molar-refractivity contribution in [1.29, 1.82) is 0 Å². The van der Waals surface area contributed by atoms with Crippen LogP contribution in [-0.4, -0.2) is 341 Å². The van der Waals surface area contributed by atoms with E-state index in [-0.39, 0.29) is 90.6 Å². The lowest BCUT2D eigenvalue weighted by Crippen LogP contribution is -2.54. The summed E-state index contributed by atoms with van der Waals surface area (Å²) in [7, 11) is 0. The topological polar surface area (TPSA) is 452 Å². The van der Waals surface area contributed by atoms with Crippen LogP contribution >= 0.6 is 0 Å². The highest BCUT2D eigenvalue weighted by molar-refractivity contribution is 6.25. The van der Waals surface area contributed by atoms with E-state index in [1.165, 1.54) is 12.1 Å². The standard InChI is InChI=1S/C51H59FN10O10.C26H35N3O11.C25H26FN7/c52-36-5-1-4-35(32-36)41-7-3-17-60(41)46-13-12-44-54-34-43(62(44)57-46)40-6-2-8-45(55-40)58-18-20-59(21-19-58)48(64)15-22-68-24-26-70-28-30-72-31-29-71-27-25-69-23-16-53-37-9-10-38-39(33-37)51(67)61(50(38)66)42-11-14-47(63)56-49(42)65;30-22-4-3-21(24(33)28-22)29-25(34)19-2-1-18(17-20(19)26(29)35)27-6-8-37-10-12-39-14-16-40-15-13-38-11-9-36-7-5-23(31)32;26-19-5-1-4-18(16-19)21-7-3-13-32(21)25-10-9-23-28-17-22(33(23)30-25)20-6-2-8-24(29-20)31-14-11-27-12-15-31/h1-2,4-6,8-10,12-13,32-34,41-42,53H,3,7,11,14-31H2,(H,56,63,65);1-2,17,21,27H,3-16H2,(H,31,32)(H,28,30,33);1-2,4-6,8-10,16-17,21,27H,3,7,11-15H2/t41-,42?;;21-/m1.1/s1. The Morgan fingerprint density at radius 3 is 1.18 bits per heavy atom. The molecule has 4 aromatic carbocycles. The predicted octanol–water partition coefficient (Wildman–Crippen LogP) is 7.65. The molecule has 4 atom stereocenters. The van der Waals surface area contributed by atoms with Crippen molar-refractivity contribution in [2.45, 2.75) is 88.4 Å². The number of carboxylic acid groups (broad SMARTS) is 1. The Morgan fingerprint density at radius 2 is 0.772 bits per heavy atom. The summed E-state index contributed by atoms with van der Waals surface area (Å²) in [5, 5.41) is 32.5. The summed E-state index contributed by atoms with van der Waals surface area (Å²) in [6.07, 6.45) is 8.19. The number of imidazole rings is 2. The average molecular weight is 2000 g/mol. The smallest absolute Gasteiger partial charge is 0.305 e. The van der Waals surface area contributed by atoms with Crippen molar-refractivity contribution in [2.75, 3.05) is 241 Å². The molecule has 0 spiro atoms. The van der Waals surface area contributed by atoms with Gasteiger partial charge in [0.1, 0.15) is 58.4 Å². The zero-order valence-electron chi connectivity index (χ0n) is 80.6. The van der Waals surface area contributed by atoms with Crippen molar-refractivity contribution in [1.82, 2.24) is 69.8 Å². The lowest BCUT2D eigenvalue weighted by Gasteiger charge is -2.35. The van der Waals surface area contributed by atoms with Crippen LogP contribution < -0.4 is 46.2 Å². The molecule has 41 nitrogen and oxygen atoms in total. The van der Waals surface area contributed by atoms with Crippen molar-refractivity contribution in [3.8, 4) is 22.8 Å². The molecule has 6 fully saturated rings. The molecule has 0 saturated carbocycles. The SMILES string of the molecule is Fc1cccc([C@H]2CCCN2c2ccc3ncc(-c4cccc(N5CCNCC5)n4)n3n2)c1.O=C(O)CCOCCOCCOCCOCCOCCNc1ccc2c(c1)C(=O)N(C1CCC(=O)NC1=O)C2=O.O=C1CCC(N2C(=O)c3ccc(NCCOCCOCCOCCOCCOCCC(=O)N4CCN(c5cccc(-c6cnc7ccc(N8CCC[C@@H]8c8cccc(F)c8)nn67)n5)CC4)cc3C2=O)C(=O)N1. The first-order valence-corrected chi connectivity index (χ1v) is 49.2. The maximum Gasteiger partial charge on any atom is 0.305 e. The van der Waals surface area contributed by atoms with E-state index in [0.29, 0.717) is 188 Å². The quantitative estimate of drug-likeness (QED) is 0.0157. The van der Waals surface area contributed by atoms with E-state index in [2.05, 4.69) is 62.2 Å². The number of rotatable bonds is 48. The molecule has 14 heterocycles. The molecule has 6 saturated heterocycles. The minimum atomic E-state index is -1.01. The molecule has 0 radical (unpaired) electrons. The molecule has 6 aromatic heterocycles. The summed E-state index contributed by atoms with van der Waals surface area (Å²) < 4.78 is 86.4. The minimum Gasteiger partial charge on any atom is -0.481 e. The van der Waals surface area contributed by atoms with Gasteiger partial charge in [-0.15, -0.1) is 10.2 Å². The summed E-state index contributed by atoms with van der Waals surface area (Å²) in [6.45, 7) is 16.5. The molecule has 145 heavy (non-hydrogen) atoms. The van der Waals surface area contributed by atoms with Gasteiger partial charge in [0.25, 0.3) is 23.6 Å². The molecule has 9 amide bonds. The van der Waals surface area contributed by atoms with Gasteiger partial charge in [-0.1, -0.05) is 36.4 Å². The fourth-order valence-corrected chi connectivity index (χ4v) is 18.3. The largest absolute Gasteiger partial charge is 0.481 e. The van der Waals surface area contributed by atoms with E-state index in [0.717, 1.165) is 138 Å². The van der Waals surface area contributed by atoms with Crippen molar-refractivity contribution >= 4 is 105 Å². The van der Waals surface area contributed by atoms with Gasteiger partial charge in [0, 0.05) is 103 Å². The maximum absolute atomic E-state index is 14.1. The number of nitrogens with one attached hydrogen (secondary N) is 5. The number of carbonyl (C=O) groups is 10. The van der Waals surface area contributed by atoms with Crippen molar-refractivity contribution in [3.63, 3.8) is 0 Å². The number of nitrogens with zero attached hydrogens (tertiary/aromatic N) is 15. The number of ether oxygens (including phenoxy) is 10. The van der Waals surface area contributed by atoms with Gasteiger partial charge in [-0.25, -0.2) is 37.7 Å². The average Bonchev–Trinajstić information content (AvgIpc) is 1.63. The van der Waals surface area contributed by atoms with Crippen molar-refractivity contribution in [3.05, 3.63) is 203 Å². The van der Waals surface area contributed by atoms with Crippen LogP contribution in [0.5, 0.6) is 0 Å². The lowest BCUT2D eigenvalue weighted by atomic mass is 10.0. The van der Waals surface area contributed by atoms with E-state index in [1.54, 1.807) is 66.9 Å². The Morgan fingerprint density at radius 1 is 0.386 bits per heavy atom. The first-order valence-electron chi connectivity index (χ1n) is 49.2. The van der Waals surface area contributed by atoms with E-state index < -0.39 is 65.3 Å². The van der Waals surface area contributed by atoms with E-state index in [9.17, 15) is 56.7 Å². The fourth-order valence-electron chi connectivity index (χ4n) is 18.3. The Balaban J connectivity index is 0.000000173. The number of benzene rings is 4. The van der Waals surface area contributed by atoms with Crippen LogP contribution in [0.4, 0.5) is 43.4 Å². The molecule has 768 valence electrons. The molecule has 8 aliphatic heterocycles. The Hall–Kier alpha value is -13.9. The number of anilines is 6. The number of aliphatic carboxylic acids is 1. The number of carboxylic acids is 1. The number of aromatic nitrogens is 8. The van der Waals surface area contributed by atoms with Gasteiger partial charge in [-0.2, -0.15) is 0 Å². The summed E-state index contributed by atoms with van der Waals surface area (Å²) >= 11 is 0. The molecule has 6 N–H and O–H groups in total. The second-order valence-electron chi connectivity index (χ2n) is 35.2. The Labute approximate surface area is 835 Å². The highest BCUT2D eigenvalue weighted by Crippen LogP contribution is 2.40. The van der Waals surface area contributed by atoms with Crippen molar-refractivity contribution in [2.24, 2.45) is 0 Å². The molecular weight excluding hydrogens is 1880 g/mol. The number of halogens is 2. The highest BCUT2D eigenvalue weighted by atomic mass is 19.1. The monoisotopic (exact) mass is 2000 g/mol. The Kier molecular flexibility index (Phi) is 37.4. The normalized spacial score (nSPS) is 17.9. The number of piperidine rings is 2. The van der Waals surface area contributed by atoms with E-state index >= 15 is 0 Å². The molecular formula is C102H120F2N20O21. The van der Waals surface area contributed by atoms with Crippen LogP contribution in [0, 0.1) is 11.6 Å². The first-order chi connectivity index (χ1) is 70.9. The fraction of sp³-hybridized carbons (Fsp3) is 0.451. The maximum atomic E-state index is 14.1. The number of piperazine rings is 2. The predicted molar refractivity (Wildman–Crippen MR) is 526 cm³/mol. The Bertz CT molecular complexity index is 6160. The summed E-state index contributed by atoms with van der Waals surface area (Å²) in [5.74, 6) is -2.12. The third-order valence-electron chi connectivity index (χ3n) is 25.6. The minimum absolute atomic E-state index is 0.0243. The van der Waals surface area contributed by atoms with Gasteiger partial charge in [-0.3, -0.25) is 68.4 Å². The second kappa shape index (κ2) is 52.1. The second-order valence-corrected chi connectivity index (χ2v) is 35.2. The van der Waals surface area contributed by atoms with Crippen LogP contribution in [0.15, 0.2) is 158 Å². The van der Waals surface area contributed by atoms with Crippen LogP contribution in [-0.2, 0) is 76.1 Å². The van der Waals surface area contributed by atoms with Crippen LogP contribution in [0.2, 0.25) is 0 Å². The zero-order chi connectivity index (χ0) is 101.